The summed E-state index contributed by atoms with van der Waals surface area (Å²) < 4.78 is 5.08. The molecule has 0 saturated heterocycles. The van der Waals surface area contributed by atoms with E-state index in [0.717, 1.165) is 24.2 Å². The molecule has 1 aliphatic heterocycles. The highest BCUT2D eigenvalue weighted by Gasteiger charge is 2.41. The number of hydrogen-bond acceptors (Lipinski definition) is 5. The van der Waals surface area contributed by atoms with Crippen molar-refractivity contribution in [3.8, 4) is 0 Å². The summed E-state index contributed by atoms with van der Waals surface area (Å²) in [6.45, 7) is 5.29. The second-order valence-electron chi connectivity index (χ2n) is 7.75. The molecule has 0 spiro atoms. The van der Waals surface area contributed by atoms with Gasteiger partial charge in [-0.15, -0.1) is 0 Å². The Bertz CT molecular complexity index is 771. The summed E-state index contributed by atoms with van der Waals surface area (Å²) in [5.74, 6) is -1.30. The molecule has 2 aliphatic rings. The largest absolute Gasteiger partial charge is 0.454 e. The molecule has 7 heteroatoms. The average Bonchev–Trinajstić information content (AvgIpc) is 2.94. The van der Waals surface area contributed by atoms with Gasteiger partial charge in [-0.25, -0.2) is 4.79 Å². The fourth-order valence-electron chi connectivity index (χ4n) is 3.96. The van der Waals surface area contributed by atoms with Crippen molar-refractivity contribution in [1.29, 1.82) is 0 Å². The summed E-state index contributed by atoms with van der Waals surface area (Å²) in [6, 6.07) is 5.39. The number of nitrogens with one attached hydrogen (secondary N) is 1. The molecule has 7 nitrogen and oxygen atoms in total. The SMILES string of the molecule is C[C@@H]1[C@H](C)CCC[C@@H]1NC(=O)COC(=O)[C@@H](C)N1C(=O)c2ccccc2C1=O. The van der Waals surface area contributed by atoms with Gasteiger partial charge in [0.15, 0.2) is 6.61 Å². The monoisotopic (exact) mass is 386 g/mol. The molecule has 0 radical (unpaired) electrons. The van der Waals surface area contributed by atoms with Crippen molar-refractivity contribution in [3.05, 3.63) is 35.4 Å². The first kappa shape index (κ1) is 20.0. The fourth-order valence-corrected chi connectivity index (χ4v) is 3.96. The van der Waals surface area contributed by atoms with Crippen molar-refractivity contribution in [2.75, 3.05) is 6.61 Å². The minimum absolute atomic E-state index is 0.0728. The van der Waals surface area contributed by atoms with Crippen LogP contribution < -0.4 is 5.32 Å². The third kappa shape index (κ3) is 3.79. The lowest BCUT2D eigenvalue weighted by Gasteiger charge is -2.34. The number of benzene rings is 1. The summed E-state index contributed by atoms with van der Waals surface area (Å²) in [5.41, 5.74) is 0.538. The number of amides is 3. The number of imide groups is 1. The fraction of sp³-hybridized carbons (Fsp3) is 0.524. The van der Waals surface area contributed by atoms with Gasteiger partial charge in [-0.05, 0) is 37.3 Å². The zero-order valence-corrected chi connectivity index (χ0v) is 16.4. The van der Waals surface area contributed by atoms with Crippen LogP contribution in [0, 0.1) is 11.8 Å². The van der Waals surface area contributed by atoms with Crippen LogP contribution in [0.2, 0.25) is 0 Å². The molecule has 3 amide bonds. The van der Waals surface area contributed by atoms with Gasteiger partial charge in [0.1, 0.15) is 6.04 Å². The highest BCUT2D eigenvalue weighted by Crippen LogP contribution is 2.29. The van der Waals surface area contributed by atoms with Crippen molar-refractivity contribution < 1.29 is 23.9 Å². The summed E-state index contributed by atoms with van der Waals surface area (Å²) in [5, 5.41) is 2.93. The Balaban J connectivity index is 1.54. The molecule has 0 unspecified atom stereocenters. The Morgan fingerprint density at radius 3 is 2.36 bits per heavy atom. The van der Waals surface area contributed by atoms with E-state index in [9.17, 15) is 19.2 Å². The molecule has 1 N–H and O–H groups in total. The zero-order chi connectivity index (χ0) is 20.4. The van der Waals surface area contributed by atoms with Gasteiger partial charge >= 0.3 is 5.97 Å². The number of rotatable bonds is 5. The molecule has 4 atom stereocenters. The third-order valence-corrected chi connectivity index (χ3v) is 5.95. The van der Waals surface area contributed by atoms with Crippen molar-refractivity contribution >= 4 is 23.7 Å². The van der Waals surface area contributed by atoms with E-state index in [1.807, 2.05) is 0 Å². The van der Waals surface area contributed by atoms with E-state index in [0.29, 0.717) is 11.8 Å². The lowest BCUT2D eigenvalue weighted by Crippen LogP contribution is -2.47. The number of fused-ring (bicyclic) bond motifs is 1. The number of nitrogens with zero attached hydrogens (tertiary/aromatic N) is 1. The quantitative estimate of drug-likeness (QED) is 0.618. The van der Waals surface area contributed by atoms with Crippen LogP contribution in [-0.2, 0) is 14.3 Å². The first-order valence-electron chi connectivity index (χ1n) is 9.74. The third-order valence-electron chi connectivity index (χ3n) is 5.95. The maximum absolute atomic E-state index is 12.4. The summed E-state index contributed by atoms with van der Waals surface area (Å²) >= 11 is 0. The summed E-state index contributed by atoms with van der Waals surface area (Å²) in [6.07, 6.45) is 3.13. The lowest BCUT2D eigenvalue weighted by atomic mass is 9.78. The van der Waals surface area contributed by atoms with Gasteiger partial charge in [-0.2, -0.15) is 0 Å². The molecule has 3 rings (SSSR count). The highest BCUT2D eigenvalue weighted by molar-refractivity contribution is 6.22. The van der Waals surface area contributed by atoms with E-state index in [2.05, 4.69) is 19.2 Å². The van der Waals surface area contributed by atoms with Crippen LogP contribution in [0.5, 0.6) is 0 Å². The molecule has 0 aromatic heterocycles. The Hall–Kier alpha value is -2.70. The molecular weight excluding hydrogens is 360 g/mol. The second kappa shape index (κ2) is 8.12. The summed E-state index contributed by atoms with van der Waals surface area (Å²) in [7, 11) is 0. The van der Waals surface area contributed by atoms with Crippen molar-refractivity contribution in [3.63, 3.8) is 0 Å². The number of carbonyl (C=O) groups excluding carboxylic acids is 4. The van der Waals surface area contributed by atoms with Crippen LogP contribution in [0.3, 0.4) is 0 Å². The smallest absolute Gasteiger partial charge is 0.329 e. The molecular formula is C21H26N2O5. The minimum Gasteiger partial charge on any atom is -0.454 e. The van der Waals surface area contributed by atoms with Gasteiger partial charge < -0.3 is 10.1 Å². The maximum Gasteiger partial charge on any atom is 0.329 e. The van der Waals surface area contributed by atoms with E-state index in [4.69, 9.17) is 4.74 Å². The van der Waals surface area contributed by atoms with E-state index in [1.54, 1.807) is 24.3 Å². The van der Waals surface area contributed by atoms with Crippen molar-refractivity contribution in [1.82, 2.24) is 10.2 Å². The molecule has 1 aliphatic carbocycles. The van der Waals surface area contributed by atoms with E-state index in [-0.39, 0.29) is 23.1 Å². The molecule has 1 aromatic rings. The first-order valence-corrected chi connectivity index (χ1v) is 9.74. The van der Waals surface area contributed by atoms with E-state index < -0.39 is 30.4 Å². The van der Waals surface area contributed by atoms with Crippen LogP contribution in [0.1, 0.15) is 60.7 Å². The van der Waals surface area contributed by atoms with Crippen LogP contribution in [0.15, 0.2) is 24.3 Å². The van der Waals surface area contributed by atoms with Gasteiger partial charge in [0.05, 0.1) is 11.1 Å². The molecule has 1 fully saturated rings. The molecule has 28 heavy (non-hydrogen) atoms. The Kier molecular flexibility index (Phi) is 5.82. The minimum atomic E-state index is -1.10. The summed E-state index contributed by atoms with van der Waals surface area (Å²) in [4.78, 5) is 50.3. The van der Waals surface area contributed by atoms with Gasteiger partial charge in [-0.3, -0.25) is 19.3 Å². The average molecular weight is 386 g/mol. The van der Waals surface area contributed by atoms with Gasteiger partial charge in [0.25, 0.3) is 17.7 Å². The molecule has 1 saturated carbocycles. The predicted octanol–water partition coefficient (Wildman–Crippen LogP) is 2.16. The van der Waals surface area contributed by atoms with Crippen LogP contribution >= 0.6 is 0 Å². The molecule has 150 valence electrons. The maximum atomic E-state index is 12.4. The van der Waals surface area contributed by atoms with Gasteiger partial charge in [0, 0.05) is 6.04 Å². The lowest BCUT2D eigenvalue weighted by molar-refractivity contribution is -0.152. The van der Waals surface area contributed by atoms with Crippen molar-refractivity contribution in [2.45, 2.75) is 52.1 Å². The predicted molar refractivity (Wildman–Crippen MR) is 101 cm³/mol. The molecule has 0 bridgehead atoms. The Labute approximate surface area is 164 Å². The van der Waals surface area contributed by atoms with Crippen LogP contribution in [-0.4, -0.2) is 47.3 Å². The first-order chi connectivity index (χ1) is 13.3. The zero-order valence-electron chi connectivity index (χ0n) is 16.4. The second-order valence-corrected chi connectivity index (χ2v) is 7.75. The normalized spacial score (nSPS) is 25.2. The van der Waals surface area contributed by atoms with E-state index in [1.165, 1.54) is 6.92 Å². The number of ether oxygens (including phenoxy) is 1. The Morgan fingerprint density at radius 2 is 1.75 bits per heavy atom. The standard InChI is InChI=1S/C21H26N2O5/c1-12-7-6-10-17(13(12)2)22-18(24)11-28-21(27)14(3)23-19(25)15-8-4-5-9-16(15)20(23)26/h4-5,8-9,12-14,17H,6-7,10-11H2,1-3H3,(H,22,24)/t12-,13-,14-,17+/m1/s1. The molecule has 1 aromatic carbocycles. The number of carbonyl (C=O) groups is 4. The van der Waals surface area contributed by atoms with Gasteiger partial charge in [-0.1, -0.05) is 38.8 Å². The van der Waals surface area contributed by atoms with Crippen LogP contribution in [0.4, 0.5) is 0 Å². The number of esters is 1. The number of hydrogen-bond donors (Lipinski definition) is 1. The van der Waals surface area contributed by atoms with Crippen molar-refractivity contribution in [2.24, 2.45) is 11.8 Å². The Morgan fingerprint density at radius 1 is 1.14 bits per heavy atom. The van der Waals surface area contributed by atoms with Crippen LogP contribution in [0.25, 0.3) is 0 Å². The van der Waals surface area contributed by atoms with Gasteiger partial charge in [0.2, 0.25) is 0 Å². The highest BCUT2D eigenvalue weighted by atomic mass is 16.5. The molecule has 1 heterocycles. The van der Waals surface area contributed by atoms with E-state index >= 15 is 0 Å². The topological polar surface area (TPSA) is 92.8 Å².